The highest BCUT2D eigenvalue weighted by Crippen LogP contribution is 2.35. The number of hydrogen-bond donors (Lipinski definition) is 1. The van der Waals surface area contributed by atoms with Gasteiger partial charge in [0.25, 0.3) is 0 Å². The topological polar surface area (TPSA) is 65.9 Å². The van der Waals surface area contributed by atoms with Gasteiger partial charge in [-0.15, -0.1) is 5.10 Å². The molecular weight excluding hydrogens is 416 g/mol. The number of anilines is 2. The molecule has 1 aromatic heterocycles. The summed E-state index contributed by atoms with van der Waals surface area (Å²) in [5, 5.41) is 7.37. The summed E-state index contributed by atoms with van der Waals surface area (Å²) < 4.78 is 7.08. The number of amides is 1. The number of carbonyl (C=O) groups excluding carboxylic acids is 1. The smallest absolute Gasteiger partial charge is 0.344 e. The Balaban J connectivity index is 1.20. The van der Waals surface area contributed by atoms with Crippen LogP contribution in [-0.4, -0.2) is 78.1 Å². The van der Waals surface area contributed by atoms with Crippen molar-refractivity contribution in [3.8, 4) is 0 Å². The number of benzene rings is 1. The number of allylic oxidation sites excluding steroid dienone is 1. The molecule has 0 bridgehead atoms. The first-order valence-corrected chi connectivity index (χ1v) is 11.9. The minimum atomic E-state index is -0.0775. The number of nitrogens with zero attached hydrogens (tertiary/aromatic N) is 5. The predicted molar refractivity (Wildman–Crippen MR) is 129 cm³/mol. The van der Waals surface area contributed by atoms with Crippen molar-refractivity contribution >= 4 is 17.5 Å². The average molecular weight is 451 g/mol. The van der Waals surface area contributed by atoms with Crippen LogP contribution in [0.1, 0.15) is 18.1 Å². The Labute approximate surface area is 195 Å². The zero-order valence-corrected chi connectivity index (χ0v) is 19.7. The molecule has 8 nitrogen and oxygen atoms in total. The molecular formula is C25H34N6O2. The van der Waals surface area contributed by atoms with Crippen LogP contribution in [0.2, 0.25) is 0 Å². The van der Waals surface area contributed by atoms with E-state index in [1.807, 2.05) is 11.8 Å². The monoisotopic (exact) mass is 450 g/mol. The Morgan fingerprint density at radius 3 is 2.58 bits per heavy atom. The van der Waals surface area contributed by atoms with E-state index in [4.69, 9.17) is 4.74 Å². The van der Waals surface area contributed by atoms with E-state index in [0.717, 1.165) is 51.6 Å². The fourth-order valence-electron chi connectivity index (χ4n) is 5.18. The second kappa shape index (κ2) is 9.19. The van der Waals surface area contributed by atoms with E-state index in [9.17, 15) is 4.79 Å². The van der Waals surface area contributed by atoms with Gasteiger partial charge in [-0.2, -0.15) is 4.68 Å². The minimum Gasteiger partial charge on any atom is -0.381 e. The fraction of sp³-hybridized carbons (Fsp3) is 0.520. The Bertz CT molecular complexity index is 1010. The van der Waals surface area contributed by atoms with Crippen LogP contribution in [0.15, 0.2) is 42.7 Å². The molecule has 5 rings (SSSR count). The largest absolute Gasteiger partial charge is 0.381 e. The summed E-state index contributed by atoms with van der Waals surface area (Å²) >= 11 is 0. The maximum atomic E-state index is 12.9. The molecule has 0 aliphatic carbocycles. The van der Waals surface area contributed by atoms with Crippen molar-refractivity contribution < 1.29 is 9.53 Å². The quantitative estimate of drug-likeness (QED) is 0.756. The van der Waals surface area contributed by atoms with Crippen LogP contribution in [0.4, 0.5) is 16.3 Å². The van der Waals surface area contributed by atoms with E-state index >= 15 is 0 Å². The minimum absolute atomic E-state index is 0.0775. The number of nitrogens with one attached hydrogen (secondary N) is 1. The first-order valence-electron chi connectivity index (χ1n) is 11.9. The predicted octanol–water partition coefficient (Wildman–Crippen LogP) is 3.01. The number of piperazine rings is 1. The Morgan fingerprint density at radius 1 is 1.15 bits per heavy atom. The van der Waals surface area contributed by atoms with Crippen molar-refractivity contribution in [3.63, 3.8) is 0 Å². The van der Waals surface area contributed by atoms with Crippen molar-refractivity contribution in [2.45, 2.75) is 20.4 Å². The van der Waals surface area contributed by atoms with Gasteiger partial charge in [-0.3, -0.25) is 4.90 Å². The molecule has 8 heteroatoms. The first kappa shape index (κ1) is 22.0. The second-order valence-corrected chi connectivity index (χ2v) is 9.69. The van der Waals surface area contributed by atoms with Gasteiger partial charge >= 0.3 is 6.03 Å². The summed E-state index contributed by atoms with van der Waals surface area (Å²) in [5.41, 5.74) is 4.85. The molecule has 3 fully saturated rings. The Hall–Kier alpha value is -2.84. The van der Waals surface area contributed by atoms with Gasteiger partial charge in [-0.1, -0.05) is 18.7 Å². The number of aryl methyl sites for hydroxylation is 1. The van der Waals surface area contributed by atoms with Gasteiger partial charge in [0.05, 0.1) is 13.2 Å². The summed E-state index contributed by atoms with van der Waals surface area (Å²) in [6.07, 6.45) is 1.70. The lowest BCUT2D eigenvalue weighted by atomic mass is 10.0. The van der Waals surface area contributed by atoms with E-state index in [1.165, 1.54) is 21.5 Å². The molecule has 0 spiro atoms. The van der Waals surface area contributed by atoms with Gasteiger partial charge in [0.2, 0.25) is 0 Å². The molecule has 1 N–H and O–H groups in total. The summed E-state index contributed by atoms with van der Waals surface area (Å²) in [6.45, 7) is 15.9. The third-order valence-electron chi connectivity index (χ3n) is 6.99. The number of fused-ring (bicyclic) bond motifs is 1. The lowest BCUT2D eigenvalue weighted by Crippen LogP contribution is -2.49. The van der Waals surface area contributed by atoms with E-state index in [0.29, 0.717) is 30.7 Å². The van der Waals surface area contributed by atoms with E-state index in [1.54, 1.807) is 12.3 Å². The molecule has 2 unspecified atom stereocenters. The molecule has 176 valence electrons. The summed E-state index contributed by atoms with van der Waals surface area (Å²) in [7, 11) is 0. The number of rotatable bonds is 5. The standard InChI is InChI=1S/C25H34N6O2/c1-18(2)26-24-6-7-31(27-24)25(32)29-10-8-28(9-11-29)13-20-5-4-19(3)12-23(20)30-14-21-16-33-17-22(21)15-30/h4-7,12,21-22H,1,8-11,13-17H2,2-3H3,(H,26,27). The molecule has 2 atom stereocenters. The SMILES string of the molecule is C=C(C)Nc1ccn(C(=O)N2CCN(Cc3ccc(C)cc3N3CC4COCC4C3)CC2)n1. The maximum Gasteiger partial charge on any atom is 0.344 e. The number of ether oxygens (including phenoxy) is 1. The number of hydrogen-bond acceptors (Lipinski definition) is 6. The zero-order chi connectivity index (χ0) is 22.9. The molecule has 0 saturated carbocycles. The molecule has 3 aliphatic heterocycles. The van der Waals surface area contributed by atoms with Crippen molar-refractivity contribution in [1.29, 1.82) is 0 Å². The van der Waals surface area contributed by atoms with Gasteiger partial charge in [0.1, 0.15) is 0 Å². The van der Waals surface area contributed by atoms with Crippen molar-refractivity contribution in [2.75, 3.05) is 62.7 Å². The van der Waals surface area contributed by atoms with Gasteiger partial charge in [0, 0.05) is 81.3 Å². The molecule has 3 aliphatic rings. The number of carbonyl (C=O) groups is 1. The van der Waals surface area contributed by atoms with Gasteiger partial charge < -0.3 is 19.9 Å². The van der Waals surface area contributed by atoms with Crippen LogP contribution < -0.4 is 10.2 Å². The van der Waals surface area contributed by atoms with E-state index in [2.05, 4.69) is 51.9 Å². The van der Waals surface area contributed by atoms with Crippen LogP contribution in [0.3, 0.4) is 0 Å². The normalized spacial score (nSPS) is 23.1. The summed E-state index contributed by atoms with van der Waals surface area (Å²) in [4.78, 5) is 19.8. The lowest BCUT2D eigenvalue weighted by Gasteiger charge is -2.35. The molecule has 2 aromatic rings. The Morgan fingerprint density at radius 2 is 1.88 bits per heavy atom. The first-order chi connectivity index (χ1) is 16.0. The van der Waals surface area contributed by atoms with Crippen LogP contribution in [0.25, 0.3) is 0 Å². The van der Waals surface area contributed by atoms with Crippen molar-refractivity contribution in [1.82, 2.24) is 19.6 Å². The summed E-state index contributed by atoms with van der Waals surface area (Å²) in [6, 6.07) is 8.55. The van der Waals surface area contributed by atoms with E-state index in [-0.39, 0.29) is 6.03 Å². The molecule has 1 aromatic carbocycles. The average Bonchev–Trinajstić information content (AvgIpc) is 3.51. The molecule has 3 saturated heterocycles. The van der Waals surface area contributed by atoms with Crippen LogP contribution in [0.5, 0.6) is 0 Å². The van der Waals surface area contributed by atoms with Crippen LogP contribution >= 0.6 is 0 Å². The highest BCUT2D eigenvalue weighted by Gasteiger charge is 2.38. The molecule has 33 heavy (non-hydrogen) atoms. The highest BCUT2D eigenvalue weighted by atomic mass is 16.5. The van der Waals surface area contributed by atoms with Gasteiger partial charge in [0.15, 0.2) is 5.82 Å². The third-order valence-corrected chi connectivity index (χ3v) is 6.99. The Kier molecular flexibility index (Phi) is 6.12. The van der Waals surface area contributed by atoms with Crippen LogP contribution in [-0.2, 0) is 11.3 Å². The molecule has 0 radical (unpaired) electrons. The van der Waals surface area contributed by atoms with Gasteiger partial charge in [-0.05, 0) is 31.0 Å². The third kappa shape index (κ3) is 4.77. The van der Waals surface area contributed by atoms with E-state index < -0.39 is 0 Å². The van der Waals surface area contributed by atoms with Gasteiger partial charge in [-0.25, -0.2) is 4.79 Å². The second-order valence-electron chi connectivity index (χ2n) is 9.69. The summed E-state index contributed by atoms with van der Waals surface area (Å²) in [5.74, 6) is 1.97. The van der Waals surface area contributed by atoms with Crippen molar-refractivity contribution in [2.24, 2.45) is 11.8 Å². The van der Waals surface area contributed by atoms with Crippen molar-refractivity contribution in [3.05, 3.63) is 53.9 Å². The molecule has 1 amide bonds. The lowest BCUT2D eigenvalue weighted by molar-refractivity contribution is 0.134. The zero-order valence-electron chi connectivity index (χ0n) is 19.7. The maximum absolute atomic E-state index is 12.9. The molecule has 4 heterocycles. The highest BCUT2D eigenvalue weighted by molar-refractivity contribution is 5.76. The fourth-order valence-corrected chi connectivity index (χ4v) is 5.18. The van der Waals surface area contributed by atoms with Crippen LogP contribution in [0, 0.1) is 18.8 Å². The number of aromatic nitrogens is 2.